The first kappa shape index (κ1) is 18.4. The third-order valence-electron chi connectivity index (χ3n) is 4.11. The fourth-order valence-corrected chi connectivity index (χ4v) is 4.41. The van der Waals surface area contributed by atoms with E-state index in [0.717, 1.165) is 21.6 Å². The number of nitrogens with one attached hydrogen (secondary N) is 1. The zero-order valence-electron chi connectivity index (χ0n) is 14.8. The minimum absolute atomic E-state index is 0.209. The van der Waals surface area contributed by atoms with E-state index >= 15 is 0 Å². The predicted molar refractivity (Wildman–Crippen MR) is 107 cm³/mol. The number of esters is 1. The Hall–Kier alpha value is -2.44. The lowest BCUT2D eigenvalue weighted by atomic mass is 10.0. The summed E-state index contributed by atoms with van der Waals surface area (Å²) in [7, 11) is 0. The van der Waals surface area contributed by atoms with E-state index in [1.165, 1.54) is 11.3 Å². The van der Waals surface area contributed by atoms with Gasteiger partial charge in [-0.3, -0.25) is 4.79 Å². The van der Waals surface area contributed by atoms with Crippen molar-refractivity contribution >= 4 is 39.6 Å². The number of hydrogen-bond acceptors (Lipinski definition) is 5. The molecule has 1 aromatic carbocycles. The summed E-state index contributed by atoms with van der Waals surface area (Å²) in [5.41, 5.74) is 3.68. The number of carbonyl (C=O) groups is 2. The summed E-state index contributed by atoms with van der Waals surface area (Å²) >= 11 is 2.87. The molecule has 4 nitrogen and oxygen atoms in total. The molecule has 2 aromatic heterocycles. The molecule has 3 aromatic rings. The zero-order valence-corrected chi connectivity index (χ0v) is 16.4. The summed E-state index contributed by atoms with van der Waals surface area (Å²) in [4.78, 5) is 26.3. The van der Waals surface area contributed by atoms with Crippen LogP contribution in [-0.2, 0) is 4.74 Å². The van der Waals surface area contributed by atoms with Crippen LogP contribution in [-0.4, -0.2) is 18.5 Å². The molecule has 26 heavy (non-hydrogen) atoms. The first-order chi connectivity index (χ1) is 12.5. The Labute approximate surface area is 160 Å². The topological polar surface area (TPSA) is 55.4 Å². The summed E-state index contributed by atoms with van der Waals surface area (Å²) < 4.78 is 5.22. The molecule has 134 valence electrons. The van der Waals surface area contributed by atoms with E-state index in [1.807, 2.05) is 54.9 Å². The van der Waals surface area contributed by atoms with Gasteiger partial charge >= 0.3 is 5.97 Å². The SMILES string of the molecule is CCOC(=O)c1c(-c2ccccc2)csc1NC(=O)c1csc(C)c1C. The number of carbonyl (C=O) groups excluding carboxylic acids is 2. The highest BCUT2D eigenvalue weighted by Crippen LogP contribution is 2.36. The standard InChI is InChI=1S/C20H19NO3S2/c1-4-24-20(23)17-16(14-8-6-5-7-9-14)11-26-19(17)21-18(22)15-10-25-13(3)12(15)2/h5-11H,4H2,1-3H3,(H,21,22). The largest absolute Gasteiger partial charge is 0.462 e. The normalized spacial score (nSPS) is 10.6. The van der Waals surface area contributed by atoms with Gasteiger partial charge in [-0.1, -0.05) is 30.3 Å². The van der Waals surface area contributed by atoms with Crippen molar-refractivity contribution in [1.82, 2.24) is 0 Å². The van der Waals surface area contributed by atoms with Crippen molar-refractivity contribution in [3.63, 3.8) is 0 Å². The van der Waals surface area contributed by atoms with Gasteiger partial charge in [0.2, 0.25) is 0 Å². The van der Waals surface area contributed by atoms with E-state index in [4.69, 9.17) is 4.74 Å². The molecule has 1 N–H and O–H groups in total. The molecule has 0 aliphatic heterocycles. The van der Waals surface area contributed by atoms with Crippen LogP contribution in [0.4, 0.5) is 5.00 Å². The van der Waals surface area contributed by atoms with Crippen LogP contribution >= 0.6 is 22.7 Å². The molecule has 0 unspecified atom stereocenters. The van der Waals surface area contributed by atoms with E-state index in [-0.39, 0.29) is 12.5 Å². The van der Waals surface area contributed by atoms with Crippen molar-refractivity contribution in [3.05, 3.63) is 62.7 Å². The highest BCUT2D eigenvalue weighted by molar-refractivity contribution is 7.15. The van der Waals surface area contributed by atoms with Crippen molar-refractivity contribution in [2.24, 2.45) is 0 Å². The van der Waals surface area contributed by atoms with E-state index in [1.54, 1.807) is 18.3 Å². The Bertz CT molecular complexity index is 941. The monoisotopic (exact) mass is 385 g/mol. The maximum absolute atomic E-state index is 12.7. The van der Waals surface area contributed by atoms with Crippen molar-refractivity contribution in [3.8, 4) is 11.1 Å². The van der Waals surface area contributed by atoms with Gasteiger partial charge < -0.3 is 10.1 Å². The summed E-state index contributed by atoms with van der Waals surface area (Å²) in [5.74, 6) is -0.639. The highest BCUT2D eigenvalue weighted by Gasteiger charge is 2.23. The Morgan fingerprint density at radius 3 is 2.42 bits per heavy atom. The van der Waals surface area contributed by atoms with Crippen LogP contribution in [0.3, 0.4) is 0 Å². The van der Waals surface area contributed by atoms with Gasteiger partial charge in [0.15, 0.2) is 0 Å². The molecule has 3 rings (SSSR count). The lowest BCUT2D eigenvalue weighted by Crippen LogP contribution is -2.15. The van der Waals surface area contributed by atoms with Gasteiger partial charge in [-0.25, -0.2) is 4.79 Å². The molecule has 0 aliphatic carbocycles. The van der Waals surface area contributed by atoms with Crippen molar-refractivity contribution in [2.75, 3.05) is 11.9 Å². The predicted octanol–water partition coefficient (Wildman–Crippen LogP) is 5.52. The molecule has 6 heteroatoms. The minimum Gasteiger partial charge on any atom is -0.462 e. The van der Waals surface area contributed by atoms with E-state index in [0.29, 0.717) is 16.1 Å². The van der Waals surface area contributed by atoms with Crippen LogP contribution in [0.5, 0.6) is 0 Å². The number of thiophene rings is 2. The molecule has 0 radical (unpaired) electrons. The second-order valence-corrected chi connectivity index (χ2v) is 7.69. The number of ether oxygens (including phenoxy) is 1. The van der Waals surface area contributed by atoms with Crippen LogP contribution in [0.25, 0.3) is 11.1 Å². The molecule has 0 saturated carbocycles. The Morgan fingerprint density at radius 2 is 1.81 bits per heavy atom. The van der Waals surface area contributed by atoms with E-state index in [2.05, 4.69) is 5.32 Å². The van der Waals surface area contributed by atoms with Gasteiger partial charge in [-0.05, 0) is 31.9 Å². The molecule has 1 amide bonds. The quantitative estimate of drug-likeness (QED) is 0.588. The Morgan fingerprint density at radius 1 is 1.08 bits per heavy atom. The molecule has 0 saturated heterocycles. The third kappa shape index (κ3) is 3.57. The lowest BCUT2D eigenvalue weighted by Gasteiger charge is -2.09. The maximum atomic E-state index is 12.7. The van der Waals surface area contributed by atoms with Crippen molar-refractivity contribution < 1.29 is 14.3 Å². The van der Waals surface area contributed by atoms with E-state index < -0.39 is 5.97 Å². The first-order valence-electron chi connectivity index (χ1n) is 8.23. The number of amides is 1. The highest BCUT2D eigenvalue weighted by atomic mass is 32.1. The number of rotatable bonds is 5. The molecule has 2 heterocycles. The van der Waals surface area contributed by atoms with E-state index in [9.17, 15) is 9.59 Å². The Balaban J connectivity index is 1.99. The fraction of sp³-hybridized carbons (Fsp3) is 0.200. The van der Waals surface area contributed by atoms with Crippen LogP contribution < -0.4 is 5.32 Å². The summed E-state index contributed by atoms with van der Waals surface area (Å²) in [5, 5.41) is 7.13. The summed E-state index contributed by atoms with van der Waals surface area (Å²) in [6.45, 7) is 5.96. The summed E-state index contributed by atoms with van der Waals surface area (Å²) in [6, 6.07) is 9.62. The van der Waals surface area contributed by atoms with Crippen LogP contribution in [0.1, 0.15) is 38.1 Å². The van der Waals surface area contributed by atoms with Gasteiger partial charge in [0, 0.05) is 21.2 Å². The van der Waals surface area contributed by atoms with Gasteiger partial charge in [0.05, 0.1) is 12.2 Å². The lowest BCUT2D eigenvalue weighted by molar-refractivity contribution is 0.0529. The molecular weight excluding hydrogens is 366 g/mol. The molecule has 0 bridgehead atoms. The minimum atomic E-state index is -0.430. The first-order valence-corrected chi connectivity index (χ1v) is 9.99. The molecule has 0 aliphatic rings. The smallest absolute Gasteiger partial charge is 0.341 e. The summed E-state index contributed by atoms with van der Waals surface area (Å²) in [6.07, 6.45) is 0. The molecule has 0 fully saturated rings. The fourth-order valence-electron chi connectivity index (χ4n) is 2.59. The average molecular weight is 386 g/mol. The third-order valence-corrected chi connectivity index (χ3v) is 6.02. The zero-order chi connectivity index (χ0) is 18.7. The average Bonchev–Trinajstić information content (AvgIpc) is 3.20. The van der Waals surface area contributed by atoms with Gasteiger partial charge in [0.1, 0.15) is 10.6 Å². The second-order valence-electron chi connectivity index (χ2n) is 5.72. The van der Waals surface area contributed by atoms with Crippen LogP contribution in [0.2, 0.25) is 0 Å². The van der Waals surface area contributed by atoms with Crippen molar-refractivity contribution in [1.29, 1.82) is 0 Å². The van der Waals surface area contributed by atoms with Crippen LogP contribution in [0.15, 0.2) is 41.1 Å². The number of anilines is 1. The molecule has 0 spiro atoms. The van der Waals surface area contributed by atoms with Gasteiger partial charge in [-0.2, -0.15) is 0 Å². The number of benzene rings is 1. The second kappa shape index (κ2) is 7.85. The van der Waals surface area contributed by atoms with Gasteiger partial charge in [0.25, 0.3) is 5.91 Å². The number of aryl methyl sites for hydroxylation is 1. The van der Waals surface area contributed by atoms with Gasteiger partial charge in [-0.15, -0.1) is 22.7 Å². The maximum Gasteiger partial charge on any atom is 0.341 e. The molecule has 0 atom stereocenters. The number of hydrogen-bond donors (Lipinski definition) is 1. The Kier molecular flexibility index (Phi) is 5.54. The van der Waals surface area contributed by atoms with Crippen molar-refractivity contribution in [2.45, 2.75) is 20.8 Å². The molecular formula is C20H19NO3S2. The van der Waals surface area contributed by atoms with Crippen LogP contribution in [0, 0.1) is 13.8 Å².